The Hall–Kier alpha value is -3.41. The van der Waals surface area contributed by atoms with Crippen molar-refractivity contribution in [1.29, 1.82) is 0 Å². The highest BCUT2D eigenvalue weighted by Gasteiger charge is 2.16. The van der Waals surface area contributed by atoms with Gasteiger partial charge in [-0.25, -0.2) is 9.07 Å². The number of aromatic nitrogens is 3. The molecule has 0 spiro atoms. The van der Waals surface area contributed by atoms with Crippen LogP contribution in [-0.4, -0.2) is 38.6 Å². The van der Waals surface area contributed by atoms with Crippen LogP contribution in [0.15, 0.2) is 67.0 Å². The molecular formula is C23H23FN4O. The average molecular weight is 390 g/mol. The molecule has 0 bridgehead atoms. The lowest BCUT2D eigenvalue weighted by Gasteiger charge is -2.14. The number of carbonyl (C=O) groups is 1. The standard InChI is InChI=1S/C23H23FN4O/c1-3-4-14-26(2)23(29)21-13-15-28(25-21)22-12-11-20-10-7-18(16-27(20)22)17-5-8-19(24)9-6-17/h5-13,15-16H,3-4,14H2,1-2H3. The van der Waals surface area contributed by atoms with E-state index in [1.165, 1.54) is 12.1 Å². The zero-order valence-corrected chi connectivity index (χ0v) is 16.5. The van der Waals surface area contributed by atoms with E-state index < -0.39 is 0 Å². The topological polar surface area (TPSA) is 42.5 Å². The molecule has 0 aliphatic carbocycles. The maximum Gasteiger partial charge on any atom is 0.274 e. The van der Waals surface area contributed by atoms with E-state index in [0.717, 1.165) is 41.8 Å². The Labute approximate surface area is 169 Å². The lowest BCUT2D eigenvalue weighted by molar-refractivity contribution is 0.0787. The quantitative estimate of drug-likeness (QED) is 0.474. The van der Waals surface area contributed by atoms with Crippen LogP contribution in [0.1, 0.15) is 30.3 Å². The van der Waals surface area contributed by atoms with E-state index >= 15 is 0 Å². The van der Waals surface area contributed by atoms with Gasteiger partial charge >= 0.3 is 0 Å². The highest BCUT2D eigenvalue weighted by atomic mass is 19.1. The first kappa shape index (κ1) is 18.9. The zero-order chi connectivity index (χ0) is 20.4. The molecule has 0 fully saturated rings. The maximum absolute atomic E-state index is 13.2. The molecule has 5 nitrogen and oxygen atoms in total. The summed E-state index contributed by atoms with van der Waals surface area (Å²) in [7, 11) is 1.80. The second kappa shape index (κ2) is 7.91. The first-order valence-electron chi connectivity index (χ1n) is 9.75. The number of carbonyl (C=O) groups excluding carboxylic acids is 1. The zero-order valence-electron chi connectivity index (χ0n) is 16.5. The van der Waals surface area contributed by atoms with Gasteiger partial charge < -0.3 is 9.30 Å². The Morgan fingerprint density at radius 1 is 1.03 bits per heavy atom. The largest absolute Gasteiger partial charge is 0.340 e. The molecule has 4 aromatic rings. The van der Waals surface area contributed by atoms with Crippen molar-refractivity contribution in [2.45, 2.75) is 19.8 Å². The summed E-state index contributed by atoms with van der Waals surface area (Å²) in [6.45, 7) is 2.82. The van der Waals surface area contributed by atoms with Gasteiger partial charge in [-0.1, -0.05) is 31.5 Å². The Morgan fingerprint density at radius 2 is 1.76 bits per heavy atom. The molecule has 0 aliphatic heterocycles. The van der Waals surface area contributed by atoms with Gasteiger partial charge in [-0.2, -0.15) is 5.10 Å². The summed E-state index contributed by atoms with van der Waals surface area (Å²) in [6, 6.07) is 16.2. The van der Waals surface area contributed by atoms with Crippen molar-refractivity contribution in [3.8, 4) is 16.9 Å². The fraction of sp³-hybridized carbons (Fsp3) is 0.217. The molecule has 0 radical (unpaired) electrons. The number of unbranched alkanes of at least 4 members (excludes halogenated alkanes) is 1. The Bertz CT molecular complexity index is 1140. The third-order valence-electron chi connectivity index (χ3n) is 5.04. The van der Waals surface area contributed by atoms with Crippen LogP contribution in [0.25, 0.3) is 22.5 Å². The lowest BCUT2D eigenvalue weighted by Crippen LogP contribution is -2.28. The molecule has 0 saturated carbocycles. The average Bonchev–Trinajstić information content (AvgIpc) is 3.38. The highest BCUT2D eigenvalue weighted by molar-refractivity contribution is 5.92. The second-order valence-electron chi connectivity index (χ2n) is 7.14. The Balaban J connectivity index is 1.66. The van der Waals surface area contributed by atoms with Gasteiger partial charge in [-0.3, -0.25) is 4.79 Å². The molecule has 0 aliphatic rings. The second-order valence-corrected chi connectivity index (χ2v) is 7.14. The van der Waals surface area contributed by atoms with Crippen LogP contribution in [0.3, 0.4) is 0 Å². The van der Waals surface area contributed by atoms with Gasteiger partial charge in [-0.15, -0.1) is 0 Å². The monoisotopic (exact) mass is 390 g/mol. The number of rotatable bonds is 6. The minimum atomic E-state index is -0.255. The van der Waals surface area contributed by atoms with Gasteiger partial charge in [-0.05, 0) is 53.9 Å². The van der Waals surface area contributed by atoms with E-state index in [0.29, 0.717) is 5.69 Å². The molecule has 0 atom stereocenters. The van der Waals surface area contributed by atoms with Crippen LogP contribution >= 0.6 is 0 Å². The number of benzene rings is 1. The number of fused-ring (bicyclic) bond motifs is 1. The molecule has 148 valence electrons. The number of nitrogens with zero attached hydrogens (tertiary/aromatic N) is 4. The molecule has 0 N–H and O–H groups in total. The van der Waals surface area contributed by atoms with Crippen LogP contribution in [0.5, 0.6) is 0 Å². The summed E-state index contributed by atoms with van der Waals surface area (Å²) in [4.78, 5) is 14.3. The van der Waals surface area contributed by atoms with Gasteiger partial charge in [0.15, 0.2) is 5.69 Å². The van der Waals surface area contributed by atoms with Crippen molar-refractivity contribution < 1.29 is 9.18 Å². The number of hydrogen-bond acceptors (Lipinski definition) is 2. The summed E-state index contributed by atoms with van der Waals surface area (Å²) >= 11 is 0. The fourth-order valence-corrected chi connectivity index (χ4v) is 3.34. The van der Waals surface area contributed by atoms with Gasteiger partial charge in [0.05, 0.1) is 0 Å². The minimum Gasteiger partial charge on any atom is -0.340 e. The van der Waals surface area contributed by atoms with E-state index in [4.69, 9.17) is 0 Å². The molecule has 1 aromatic carbocycles. The van der Waals surface area contributed by atoms with Crippen LogP contribution in [0.2, 0.25) is 0 Å². The van der Waals surface area contributed by atoms with Crippen molar-refractivity contribution in [1.82, 2.24) is 19.1 Å². The highest BCUT2D eigenvalue weighted by Crippen LogP contribution is 2.23. The lowest BCUT2D eigenvalue weighted by atomic mass is 10.1. The van der Waals surface area contributed by atoms with Crippen molar-refractivity contribution in [3.63, 3.8) is 0 Å². The smallest absolute Gasteiger partial charge is 0.274 e. The Kier molecular flexibility index (Phi) is 5.16. The van der Waals surface area contributed by atoms with Gasteiger partial charge in [0.25, 0.3) is 5.91 Å². The van der Waals surface area contributed by atoms with Crippen LogP contribution in [0.4, 0.5) is 4.39 Å². The Morgan fingerprint density at radius 3 is 2.52 bits per heavy atom. The molecule has 3 aromatic heterocycles. The summed E-state index contributed by atoms with van der Waals surface area (Å²) in [6.07, 6.45) is 5.80. The minimum absolute atomic E-state index is 0.0786. The molecule has 1 amide bonds. The number of amides is 1. The van der Waals surface area contributed by atoms with Crippen LogP contribution in [0, 0.1) is 5.82 Å². The maximum atomic E-state index is 13.2. The van der Waals surface area contributed by atoms with E-state index in [-0.39, 0.29) is 11.7 Å². The SMILES string of the molecule is CCCCN(C)C(=O)c1ccn(-c2ccc3ccc(-c4ccc(F)cc4)cn23)n1. The van der Waals surface area contributed by atoms with E-state index in [1.807, 2.05) is 34.9 Å². The van der Waals surface area contributed by atoms with Crippen molar-refractivity contribution >= 4 is 11.4 Å². The fourth-order valence-electron chi connectivity index (χ4n) is 3.34. The van der Waals surface area contributed by atoms with Gasteiger partial charge in [0.1, 0.15) is 11.6 Å². The summed E-state index contributed by atoms with van der Waals surface area (Å²) < 4.78 is 17.0. The van der Waals surface area contributed by atoms with E-state index in [1.54, 1.807) is 41.0 Å². The molecular weight excluding hydrogens is 367 g/mol. The molecule has 6 heteroatoms. The molecule has 3 heterocycles. The van der Waals surface area contributed by atoms with Crippen LogP contribution in [-0.2, 0) is 0 Å². The number of hydrogen-bond donors (Lipinski definition) is 0. The van der Waals surface area contributed by atoms with Gasteiger partial charge in [0, 0.05) is 31.5 Å². The first-order chi connectivity index (χ1) is 14.1. The first-order valence-corrected chi connectivity index (χ1v) is 9.75. The van der Waals surface area contributed by atoms with Crippen molar-refractivity contribution in [3.05, 3.63) is 78.5 Å². The normalized spacial score (nSPS) is 11.1. The summed E-state index contributed by atoms with van der Waals surface area (Å²) in [5, 5.41) is 4.50. The number of halogens is 1. The third kappa shape index (κ3) is 3.78. The predicted octanol–water partition coefficient (Wildman–Crippen LogP) is 4.80. The van der Waals surface area contributed by atoms with E-state index in [9.17, 15) is 9.18 Å². The third-order valence-corrected chi connectivity index (χ3v) is 5.04. The van der Waals surface area contributed by atoms with Crippen LogP contribution < -0.4 is 0 Å². The molecule has 0 saturated heterocycles. The number of pyridine rings is 1. The molecule has 29 heavy (non-hydrogen) atoms. The molecule has 4 rings (SSSR count). The summed E-state index contributed by atoms with van der Waals surface area (Å²) in [5.41, 5.74) is 3.34. The predicted molar refractivity (Wildman–Crippen MR) is 112 cm³/mol. The summed E-state index contributed by atoms with van der Waals surface area (Å²) in [5.74, 6) is 0.499. The molecule has 0 unspecified atom stereocenters. The van der Waals surface area contributed by atoms with Crippen molar-refractivity contribution in [2.24, 2.45) is 0 Å². The van der Waals surface area contributed by atoms with Gasteiger partial charge in [0.2, 0.25) is 0 Å². The van der Waals surface area contributed by atoms with Crippen molar-refractivity contribution in [2.75, 3.05) is 13.6 Å². The van der Waals surface area contributed by atoms with E-state index in [2.05, 4.69) is 12.0 Å².